The molecule has 0 aromatic heterocycles. The van der Waals surface area contributed by atoms with Crippen LogP contribution < -0.4 is 4.90 Å². The molecule has 33 heavy (non-hydrogen) atoms. The molecule has 1 fully saturated rings. The van der Waals surface area contributed by atoms with E-state index in [4.69, 9.17) is 12.2 Å². The van der Waals surface area contributed by atoms with Gasteiger partial charge in [-0.2, -0.15) is 0 Å². The summed E-state index contributed by atoms with van der Waals surface area (Å²) in [7, 11) is 0. The molecular formula is C27H37N3O2S. The Morgan fingerprint density at radius 3 is 1.85 bits per heavy atom. The van der Waals surface area contributed by atoms with Gasteiger partial charge in [0.05, 0.1) is 0 Å². The third kappa shape index (κ3) is 7.13. The number of hydrogen-bond donors (Lipinski definition) is 0. The van der Waals surface area contributed by atoms with Gasteiger partial charge in [0, 0.05) is 31.9 Å². The van der Waals surface area contributed by atoms with Crippen LogP contribution in [0.1, 0.15) is 58.9 Å². The smallest absolute Gasteiger partial charge is 0.265 e. The number of amides is 2. The second-order valence-corrected chi connectivity index (χ2v) is 8.36. The minimum Gasteiger partial charge on any atom is -0.372 e. The molecule has 0 saturated carbocycles. The Morgan fingerprint density at radius 1 is 0.818 bits per heavy atom. The normalized spacial score (nSPS) is 14.8. The number of benzene rings is 1. The lowest BCUT2D eigenvalue weighted by molar-refractivity contribution is -0.133. The number of anilines is 1. The molecule has 1 aromatic rings. The van der Waals surface area contributed by atoms with Gasteiger partial charge in [0.25, 0.3) is 11.8 Å². The van der Waals surface area contributed by atoms with Gasteiger partial charge < -0.3 is 4.90 Å². The molecule has 2 rings (SSSR count). The number of likely N-dealkylation sites (N-methyl/N-ethyl adjacent to an activating group) is 2. The SMILES string of the molecule is CCCCN(CCCC)c1ccc(/C=C/C=C/C=C2C(=O)N(CC)C(=S)N(CC)C2=O)cc1. The van der Waals surface area contributed by atoms with Crippen molar-refractivity contribution in [2.75, 3.05) is 31.1 Å². The van der Waals surface area contributed by atoms with Crippen LogP contribution in [0.15, 0.2) is 54.1 Å². The highest BCUT2D eigenvalue weighted by Crippen LogP contribution is 2.19. The molecule has 2 amide bonds. The summed E-state index contributed by atoms with van der Waals surface area (Å²) in [4.78, 5) is 30.6. The van der Waals surface area contributed by atoms with E-state index >= 15 is 0 Å². The Kier molecular flexibility index (Phi) is 11.0. The van der Waals surface area contributed by atoms with Crippen molar-refractivity contribution in [2.45, 2.75) is 53.4 Å². The summed E-state index contributed by atoms with van der Waals surface area (Å²) in [5.41, 5.74) is 2.51. The zero-order chi connectivity index (χ0) is 24.2. The quantitative estimate of drug-likeness (QED) is 0.174. The number of unbranched alkanes of at least 4 members (excludes halogenated alkanes) is 2. The molecule has 0 aliphatic carbocycles. The van der Waals surface area contributed by atoms with E-state index in [-0.39, 0.29) is 22.5 Å². The largest absolute Gasteiger partial charge is 0.372 e. The summed E-state index contributed by atoms with van der Waals surface area (Å²) in [6.07, 6.45) is 13.9. The molecule has 1 aliphatic rings. The van der Waals surface area contributed by atoms with E-state index in [1.54, 1.807) is 12.2 Å². The lowest BCUT2D eigenvalue weighted by Gasteiger charge is -2.35. The first-order chi connectivity index (χ1) is 16.0. The van der Waals surface area contributed by atoms with Gasteiger partial charge in [-0.1, -0.05) is 63.1 Å². The summed E-state index contributed by atoms with van der Waals surface area (Å²) in [6, 6.07) is 8.60. The summed E-state index contributed by atoms with van der Waals surface area (Å²) in [6.45, 7) is 11.2. The fraction of sp³-hybridized carbons (Fsp3) is 0.444. The fourth-order valence-electron chi connectivity index (χ4n) is 3.65. The number of carbonyl (C=O) groups is 2. The van der Waals surface area contributed by atoms with Gasteiger partial charge in [0.1, 0.15) is 5.57 Å². The molecule has 0 bridgehead atoms. The minimum atomic E-state index is -0.336. The third-order valence-electron chi connectivity index (χ3n) is 5.64. The molecule has 0 atom stereocenters. The number of thiocarbonyl (C=S) groups is 1. The molecule has 0 radical (unpaired) electrons. The highest BCUT2D eigenvalue weighted by molar-refractivity contribution is 7.80. The summed E-state index contributed by atoms with van der Waals surface area (Å²) in [5.74, 6) is -0.672. The van der Waals surface area contributed by atoms with Crippen molar-refractivity contribution in [3.05, 3.63) is 59.7 Å². The van der Waals surface area contributed by atoms with Gasteiger partial charge in [-0.15, -0.1) is 0 Å². The zero-order valence-electron chi connectivity index (χ0n) is 20.4. The van der Waals surface area contributed by atoms with Gasteiger partial charge in [-0.3, -0.25) is 19.4 Å². The molecule has 0 spiro atoms. The second kappa shape index (κ2) is 13.7. The molecule has 1 saturated heterocycles. The molecule has 5 nitrogen and oxygen atoms in total. The topological polar surface area (TPSA) is 43.9 Å². The maximum absolute atomic E-state index is 12.6. The number of nitrogens with zero attached hydrogens (tertiary/aromatic N) is 3. The van der Waals surface area contributed by atoms with Gasteiger partial charge in [-0.05, 0) is 62.7 Å². The van der Waals surface area contributed by atoms with E-state index in [1.807, 2.05) is 32.1 Å². The number of hydrogen-bond acceptors (Lipinski definition) is 4. The predicted octanol–water partition coefficient (Wildman–Crippen LogP) is 5.58. The van der Waals surface area contributed by atoms with Crippen LogP contribution in [0, 0.1) is 0 Å². The van der Waals surface area contributed by atoms with E-state index in [1.165, 1.54) is 41.2 Å². The van der Waals surface area contributed by atoms with Crippen molar-refractivity contribution in [3.63, 3.8) is 0 Å². The first-order valence-corrected chi connectivity index (χ1v) is 12.5. The van der Waals surface area contributed by atoms with Crippen LogP contribution in [-0.2, 0) is 9.59 Å². The van der Waals surface area contributed by atoms with Gasteiger partial charge in [0.2, 0.25) is 0 Å². The Bertz CT molecular complexity index is 866. The van der Waals surface area contributed by atoms with Gasteiger partial charge in [-0.25, -0.2) is 0 Å². The van der Waals surface area contributed by atoms with E-state index in [0.717, 1.165) is 18.7 Å². The first-order valence-electron chi connectivity index (χ1n) is 12.1. The Balaban J connectivity index is 2.05. The molecule has 1 aliphatic heterocycles. The van der Waals surface area contributed by atoms with E-state index in [2.05, 4.69) is 43.0 Å². The number of allylic oxidation sites excluding steroid dienone is 4. The predicted molar refractivity (Wildman–Crippen MR) is 142 cm³/mol. The van der Waals surface area contributed by atoms with Crippen molar-refractivity contribution in [2.24, 2.45) is 0 Å². The first kappa shape index (κ1) is 26.5. The Morgan fingerprint density at radius 2 is 1.36 bits per heavy atom. The lowest BCUT2D eigenvalue weighted by atomic mass is 10.1. The fourth-order valence-corrected chi connectivity index (χ4v) is 4.07. The minimum absolute atomic E-state index is 0.139. The monoisotopic (exact) mass is 467 g/mol. The van der Waals surface area contributed by atoms with Crippen LogP contribution in [0.5, 0.6) is 0 Å². The van der Waals surface area contributed by atoms with Gasteiger partial charge in [0.15, 0.2) is 5.11 Å². The lowest BCUT2D eigenvalue weighted by Crippen LogP contribution is -2.55. The van der Waals surface area contributed by atoms with Crippen LogP contribution in [-0.4, -0.2) is 52.9 Å². The standard InChI is InChI=1S/C27H37N3O2S/c1-5-9-20-28(21-10-6-2)23-18-16-22(17-19-23)14-12-11-13-15-24-25(31)29(7-3)27(33)30(8-4)26(24)32/h11-19H,5-10,20-21H2,1-4H3/b13-11+,14-12+. The Labute approximate surface area is 204 Å². The number of rotatable bonds is 12. The molecule has 1 heterocycles. The van der Waals surface area contributed by atoms with Crippen LogP contribution in [0.25, 0.3) is 6.08 Å². The molecule has 6 heteroatoms. The summed E-state index contributed by atoms with van der Waals surface area (Å²) >= 11 is 5.28. The van der Waals surface area contributed by atoms with E-state index in [0.29, 0.717) is 13.1 Å². The molecule has 0 unspecified atom stereocenters. The maximum atomic E-state index is 12.6. The average molecular weight is 468 g/mol. The molecule has 1 aromatic carbocycles. The summed E-state index contributed by atoms with van der Waals surface area (Å²) in [5, 5.41) is 0.280. The van der Waals surface area contributed by atoms with Crippen molar-refractivity contribution >= 4 is 40.9 Å². The van der Waals surface area contributed by atoms with E-state index < -0.39 is 0 Å². The van der Waals surface area contributed by atoms with Crippen LogP contribution >= 0.6 is 12.2 Å². The van der Waals surface area contributed by atoms with Crippen molar-refractivity contribution in [1.82, 2.24) is 9.80 Å². The van der Waals surface area contributed by atoms with E-state index in [9.17, 15) is 9.59 Å². The molecule has 0 N–H and O–H groups in total. The molecule has 178 valence electrons. The highest BCUT2D eigenvalue weighted by Gasteiger charge is 2.37. The van der Waals surface area contributed by atoms with Crippen molar-refractivity contribution in [1.29, 1.82) is 0 Å². The maximum Gasteiger partial charge on any atom is 0.265 e. The van der Waals surface area contributed by atoms with Gasteiger partial charge >= 0.3 is 0 Å². The van der Waals surface area contributed by atoms with Crippen LogP contribution in [0.4, 0.5) is 5.69 Å². The summed E-state index contributed by atoms with van der Waals surface area (Å²) < 4.78 is 0. The average Bonchev–Trinajstić information content (AvgIpc) is 2.82. The highest BCUT2D eigenvalue weighted by atomic mass is 32.1. The second-order valence-electron chi connectivity index (χ2n) is 7.99. The van der Waals surface area contributed by atoms with Crippen LogP contribution in [0.3, 0.4) is 0 Å². The Hall–Kier alpha value is -2.73. The molecular weight excluding hydrogens is 430 g/mol. The number of carbonyl (C=O) groups excluding carboxylic acids is 2. The zero-order valence-corrected chi connectivity index (χ0v) is 21.2. The van der Waals surface area contributed by atoms with Crippen molar-refractivity contribution in [3.8, 4) is 0 Å². The van der Waals surface area contributed by atoms with Crippen molar-refractivity contribution < 1.29 is 9.59 Å². The van der Waals surface area contributed by atoms with Crippen LogP contribution in [0.2, 0.25) is 0 Å². The third-order valence-corrected chi connectivity index (χ3v) is 6.08.